The summed E-state index contributed by atoms with van der Waals surface area (Å²) in [6.07, 6.45) is 0. The van der Waals surface area contributed by atoms with Crippen molar-refractivity contribution < 1.29 is 29.4 Å². The van der Waals surface area contributed by atoms with E-state index < -0.39 is 46.0 Å². The third-order valence-corrected chi connectivity index (χ3v) is 8.56. The van der Waals surface area contributed by atoms with Gasteiger partial charge in [-0.15, -0.1) is 0 Å². The first-order valence-corrected chi connectivity index (χ1v) is 12.6. The number of carboxylic acids is 2. The van der Waals surface area contributed by atoms with Crippen LogP contribution in [0.3, 0.4) is 0 Å². The topological polar surface area (TPSA) is 133 Å². The van der Waals surface area contributed by atoms with E-state index in [1.807, 2.05) is 30.3 Å². The van der Waals surface area contributed by atoms with Gasteiger partial charge in [-0.05, 0) is 44.0 Å². The average molecular weight is 505 g/mol. The van der Waals surface area contributed by atoms with Crippen LogP contribution in [0.15, 0.2) is 65.6 Å². The van der Waals surface area contributed by atoms with Gasteiger partial charge in [0.15, 0.2) is 0 Å². The Morgan fingerprint density at radius 1 is 0.882 bits per heavy atom. The molecule has 0 radical (unpaired) electrons. The molecule has 4 N–H and O–H groups in total. The number of benzene rings is 2. The summed E-state index contributed by atoms with van der Waals surface area (Å²) >= 11 is 0. The molecule has 2 atom stereocenters. The highest BCUT2D eigenvalue weighted by Gasteiger charge is 2.60. The maximum Gasteiger partial charge on any atom is 0.340 e. The number of carboxylic acid groups (broad SMARTS) is 2. The molecule has 2 rings (SSSR count). The first-order valence-electron chi connectivity index (χ1n) is 10.5. The normalized spacial score (nSPS) is 14.0. The van der Waals surface area contributed by atoms with Crippen molar-refractivity contribution in [3.8, 4) is 0 Å². The minimum absolute atomic E-state index is 0.163. The van der Waals surface area contributed by atoms with E-state index in [2.05, 4.69) is 10.6 Å². The fourth-order valence-electron chi connectivity index (χ4n) is 3.17. The molecule has 0 saturated heterocycles. The minimum atomic E-state index is -2.49. The summed E-state index contributed by atoms with van der Waals surface area (Å²) in [5.74, 6) is -5.31. The van der Waals surface area contributed by atoms with Crippen LogP contribution in [0.1, 0.15) is 38.1 Å². The Kier molecular flexibility index (Phi) is 9.17. The van der Waals surface area contributed by atoms with Gasteiger partial charge in [-0.1, -0.05) is 71.8 Å². The van der Waals surface area contributed by atoms with Crippen LogP contribution in [0.5, 0.6) is 0 Å². The summed E-state index contributed by atoms with van der Waals surface area (Å²) in [6, 6.07) is 15.7. The molecule has 0 aromatic heterocycles. The molecule has 2 amide bonds. The van der Waals surface area contributed by atoms with E-state index in [0.29, 0.717) is 0 Å². The van der Waals surface area contributed by atoms with E-state index in [1.54, 1.807) is 32.0 Å². The van der Waals surface area contributed by atoms with Gasteiger partial charge in [0.25, 0.3) is 11.8 Å². The summed E-state index contributed by atoms with van der Waals surface area (Å²) in [4.78, 5) is 51.9. The number of hydrogen-bond donors (Lipinski definition) is 4. The molecule has 0 spiro atoms. The number of carbonyl (C=O) groups excluding carboxylic acids is 2. The highest BCUT2D eigenvalue weighted by Crippen LogP contribution is 2.46. The Morgan fingerprint density at radius 3 is 1.88 bits per heavy atom. The molecule has 10 heteroatoms. The molecule has 0 heterocycles. The maximum atomic E-state index is 13.6. The number of rotatable bonds is 11. The predicted molar refractivity (Wildman–Crippen MR) is 133 cm³/mol. The third-order valence-electron chi connectivity index (χ3n) is 5.21. The zero-order chi connectivity index (χ0) is 25.5. The zero-order valence-corrected chi connectivity index (χ0v) is 20.9. The first kappa shape index (κ1) is 27.3. The van der Waals surface area contributed by atoms with Crippen LogP contribution in [0.25, 0.3) is 0 Å². The molecule has 0 saturated carbocycles. The first-order chi connectivity index (χ1) is 15.9. The number of hydrogen-bond acceptors (Lipinski definition) is 6. The predicted octanol–water partition coefficient (Wildman–Crippen LogP) is 3.68. The van der Waals surface area contributed by atoms with Crippen LogP contribution < -0.4 is 10.6 Å². The highest BCUT2D eigenvalue weighted by molar-refractivity contribution is 8.77. The average Bonchev–Trinajstić information content (AvgIpc) is 2.79. The van der Waals surface area contributed by atoms with Crippen molar-refractivity contribution in [3.05, 3.63) is 66.2 Å². The standard InChI is InChI=1S/C24H28N2O6S2/c1-15(2)18(20(28)29)25-21(30)24(22(31)32,26-19(27)16-11-7-5-8-12-16)23(3,4)34-33-17-13-9-6-10-14-17/h5-15,18H,1-4H3,(H,25,30)(H,26,27)(H,28,29)(H,31,32). The quantitative estimate of drug-likeness (QED) is 0.269. The molecule has 2 aromatic rings. The van der Waals surface area contributed by atoms with Crippen molar-refractivity contribution in [2.75, 3.05) is 0 Å². The number of amides is 2. The van der Waals surface area contributed by atoms with E-state index >= 15 is 0 Å². The van der Waals surface area contributed by atoms with Crippen molar-refractivity contribution in [1.29, 1.82) is 0 Å². The smallest absolute Gasteiger partial charge is 0.340 e. The van der Waals surface area contributed by atoms with Gasteiger partial charge in [-0.2, -0.15) is 0 Å². The van der Waals surface area contributed by atoms with Crippen molar-refractivity contribution >= 4 is 45.3 Å². The van der Waals surface area contributed by atoms with Crippen LogP contribution in [-0.4, -0.2) is 50.3 Å². The van der Waals surface area contributed by atoms with Gasteiger partial charge in [0, 0.05) is 10.5 Å². The summed E-state index contributed by atoms with van der Waals surface area (Å²) in [7, 11) is 2.34. The van der Waals surface area contributed by atoms with Gasteiger partial charge in [0.05, 0.1) is 4.75 Å². The van der Waals surface area contributed by atoms with E-state index in [1.165, 1.54) is 36.8 Å². The SMILES string of the molecule is CC(C)C(NC(=O)C(NC(=O)c1ccccc1)(C(=O)O)C(C)(C)SSc1ccccc1)C(=O)O. The second kappa shape index (κ2) is 11.4. The van der Waals surface area contributed by atoms with Crippen LogP contribution in [0.2, 0.25) is 0 Å². The van der Waals surface area contributed by atoms with E-state index in [4.69, 9.17) is 0 Å². The van der Waals surface area contributed by atoms with Gasteiger partial charge < -0.3 is 20.8 Å². The lowest BCUT2D eigenvalue weighted by Gasteiger charge is -2.42. The molecule has 0 bridgehead atoms. The van der Waals surface area contributed by atoms with Crippen LogP contribution in [0, 0.1) is 5.92 Å². The summed E-state index contributed by atoms with van der Waals surface area (Å²) in [5, 5.41) is 24.7. The Hall–Kier alpha value is -2.98. The molecule has 0 aliphatic rings. The van der Waals surface area contributed by atoms with Gasteiger partial charge in [-0.25, -0.2) is 9.59 Å². The van der Waals surface area contributed by atoms with Crippen molar-refractivity contribution in [2.45, 2.75) is 48.9 Å². The Morgan fingerprint density at radius 2 is 1.41 bits per heavy atom. The fraction of sp³-hybridized carbons (Fsp3) is 0.333. The molecule has 0 fully saturated rings. The Balaban J connectivity index is 2.53. The third kappa shape index (κ3) is 6.12. The van der Waals surface area contributed by atoms with Gasteiger partial charge in [0.1, 0.15) is 6.04 Å². The van der Waals surface area contributed by atoms with E-state index in [-0.39, 0.29) is 5.56 Å². The molecule has 0 aliphatic carbocycles. The van der Waals surface area contributed by atoms with E-state index in [9.17, 15) is 29.4 Å². The molecule has 34 heavy (non-hydrogen) atoms. The molecule has 8 nitrogen and oxygen atoms in total. The van der Waals surface area contributed by atoms with Gasteiger partial charge in [-0.3, -0.25) is 9.59 Å². The Labute approximate surface area is 206 Å². The summed E-state index contributed by atoms with van der Waals surface area (Å²) < 4.78 is -1.42. The molecule has 2 unspecified atom stereocenters. The summed E-state index contributed by atoms with van der Waals surface area (Å²) in [5.41, 5.74) is -2.33. The summed E-state index contributed by atoms with van der Waals surface area (Å²) in [6.45, 7) is 6.24. The lowest BCUT2D eigenvalue weighted by atomic mass is 9.83. The number of nitrogens with one attached hydrogen (secondary N) is 2. The Bertz CT molecular complexity index is 1030. The molecule has 2 aromatic carbocycles. The fourth-order valence-corrected chi connectivity index (χ4v) is 5.73. The van der Waals surface area contributed by atoms with Crippen LogP contribution in [-0.2, 0) is 14.4 Å². The van der Waals surface area contributed by atoms with E-state index in [0.717, 1.165) is 15.7 Å². The van der Waals surface area contributed by atoms with Gasteiger partial charge in [0.2, 0.25) is 5.54 Å². The monoisotopic (exact) mass is 504 g/mol. The van der Waals surface area contributed by atoms with Crippen LogP contribution in [0.4, 0.5) is 0 Å². The largest absolute Gasteiger partial charge is 0.480 e. The van der Waals surface area contributed by atoms with Gasteiger partial charge >= 0.3 is 11.9 Å². The number of aliphatic carboxylic acids is 2. The lowest BCUT2D eigenvalue weighted by Crippen LogP contribution is -2.73. The maximum absolute atomic E-state index is 13.6. The second-order valence-corrected chi connectivity index (χ2v) is 11.2. The van der Waals surface area contributed by atoms with Crippen molar-refractivity contribution in [1.82, 2.24) is 10.6 Å². The minimum Gasteiger partial charge on any atom is -0.480 e. The number of carbonyl (C=O) groups is 4. The molecular weight excluding hydrogens is 476 g/mol. The molecule has 182 valence electrons. The van der Waals surface area contributed by atoms with Crippen LogP contribution >= 0.6 is 21.6 Å². The lowest BCUT2D eigenvalue weighted by molar-refractivity contribution is -0.154. The van der Waals surface area contributed by atoms with Crippen molar-refractivity contribution in [2.24, 2.45) is 5.92 Å². The van der Waals surface area contributed by atoms with Crippen molar-refractivity contribution in [3.63, 3.8) is 0 Å². The highest BCUT2D eigenvalue weighted by atomic mass is 33.1. The molecule has 0 aliphatic heterocycles. The zero-order valence-electron chi connectivity index (χ0n) is 19.3. The molecular formula is C24H28N2O6S2. The second-order valence-electron chi connectivity index (χ2n) is 8.40.